The smallest absolute Gasteiger partial charge is 0.218 e. The van der Waals surface area contributed by atoms with Crippen molar-refractivity contribution in [2.24, 2.45) is 5.92 Å². The lowest BCUT2D eigenvalue weighted by Gasteiger charge is -2.19. The highest BCUT2D eigenvalue weighted by molar-refractivity contribution is 9.10. The molecular formula is C20H22BrClN2O2. The third kappa shape index (κ3) is 4.27. The van der Waals surface area contributed by atoms with E-state index in [1.54, 1.807) is 7.11 Å². The van der Waals surface area contributed by atoms with E-state index in [2.05, 4.69) is 33.2 Å². The Bertz CT molecular complexity index is 812. The Morgan fingerprint density at radius 1 is 1.38 bits per heavy atom. The highest BCUT2D eigenvalue weighted by Crippen LogP contribution is 2.35. The lowest BCUT2D eigenvalue weighted by Crippen LogP contribution is -2.25. The van der Waals surface area contributed by atoms with Gasteiger partial charge in [-0.1, -0.05) is 23.7 Å². The lowest BCUT2D eigenvalue weighted by atomic mass is 10.0. The van der Waals surface area contributed by atoms with E-state index in [9.17, 15) is 4.79 Å². The number of carbonyl (C=O) groups is 1. The number of halogens is 2. The molecule has 0 spiro atoms. The molecule has 0 amide bonds. The van der Waals surface area contributed by atoms with Crippen LogP contribution in [0.25, 0.3) is 11.3 Å². The molecule has 1 saturated carbocycles. The number of aromatic nitrogens is 1. The van der Waals surface area contributed by atoms with E-state index >= 15 is 0 Å². The first-order chi connectivity index (χ1) is 12.5. The molecule has 26 heavy (non-hydrogen) atoms. The second kappa shape index (κ2) is 8.51. The molecule has 138 valence electrons. The fraction of sp³-hybridized carbons (Fsp3) is 0.400. The number of nitrogens with one attached hydrogen (secondary N) is 1. The maximum Gasteiger partial charge on any atom is 0.218 e. The summed E-state index contributed by atoms with van der Waals surface area (Å²) in [5, 5.41) is 4.14. The highest BCUT2D eigenvalue weighted by Gasteiger charge is 2.23. The van der Waals surface area contributed by atoms with E-state index in [1.165, 1.54) is 0 Å². The molecule has 1 aromatic heterocycles. The lowest BCUT2D eigenvalue weighted by molar-refractivity contribution is -0.117. The zero-order valence-electron chi connectivity index (χ0n) is 14.9. The molecule has 1 fully saturated rings. The third-order valence-corrected chi connectivity index (χ3v) is 6.13. The predicted octanol–water partition coefficient (Wildman–Crippen LogP) is 5.19. The van der Waals surface area contributed by atoms with E-state index in [-0.39, 0.29) is 6.04 Å². The maximum absolute atomic E-state index is 11.4. The summed E-state index contributed by atoms with van der Waals surface area (Å²) in [6.07, 6.45) is 2.39. The van der Waals surface area contributed by atoms with Crippen molar-refractivity contribution in [3.63, 3.8) is 0 Å². The zero-order chi connectivity index (χ0) is 18.7. The second-order valence-electron chi connectivity index (χ2n) is 6.67. The number of nitrogens with zero attached hydrogens (tertiary/aromatic N) is 1. The first-order valence-corrected chi connectivity index (χ1v) is 9.91. The van der Waals surface area contributed by atoms with Gasteiger partial charge in [0, 0.05) is 34.5 Å². The summed E-state index contributed by atoms with van der Waals surface area (Å²) in [6, 6.07) is 9.84. The largest absolute Gasteiger partial charge is 0.481 e. The number of Topliss-reactive ketones (excluding diaryl/α,β-unsaturated/α-hetero) is 1. The van der Waals surface area contributed by atoms with Gasteiger partial charge in [0.1, 0.15) is 5.78 Å². The van der Waals surface area contributed by atoms with Gasteiger partial charge >= 0.3 is 0 Å². The van der Waals surface area contributed by atoms with Gasteiger partial charge < -0.3 is 10.1 Å². The molecule has 1 heterocycles. The van der Waals surface area contributed by atoms with E-state index in [0.29, 0.717) is 35.4 Å². The molecule has 2 atom stereocenters. The molecule has 0 saturated heterocycles. The van der Waals surface area contributed by atoms with Crippen molar-refractivity contribution in [2.75, 3.05) is 13.7 Å². The van der Waals surface area contributed by atoms with Crippen LogP contribution in [-0.4, -0.2) is 24.4 Å². The molecule has 1 aliphatic carbocycles. The van der Waals surface area contributed by atoms with Gasteiger partial charge in [-0.25, -0.2) is 4.98 Å². The minimum Gasteiger partial charge on any atom is -0.481 e. The van der Waals surface area contributed by atoms with E-state index in [4.69, 9.17) is 16.3 Å². The number of rotatable bonds is 6. The van der Waals surface area contributed by atoms with E-state index in [0.717, 1.165) is 34.3 Å². The molecule has 3 rings (SSSR count). The second-order valence-corrected chi connectivity index (χ2v) is 7.91. The van der Waals surface area contributed by atoms with E-state index in [1.807, 2.05) is 30.3 Å². The SMILES string of the molecule is COc1nc(-c2cccc(Br)c2Cl)ccc1[C@H](C)NC[C@@H]1CCC(=O)C1. The molecule has 0 radical (unpaired) electrons. The fourth-order valence-corrected chi connectivity index (χ4v) is 3.90. The Balaban J connectivity index is 1.78. The van der Waals surface area contributed by atoms with Gasteiger partial charge in [0.25, 0.3) is 0 Å². The molecule has 6 heteroatoms. The number of methoxy groups -OCH3 is 1. The van der Waals surface area contributed by atoms with Gasteiger partial charge in [-0.15, -0.1) is 0 Å². The minimum atomic E-state index is 0.0835. The number of ketones is 1. The molecule has 0 bridgehead atoms. The Labute approximate surface area is 167 Å². The number of pyridine rings is 1. The van der Waals surface area contributed by atoms with Crippen LogP contribution in [0.3, 0.4) is 0 Å². The highest BCUT2D eigenvalue weighted by atomic mass is 79.9. The van der Waals surface area contributed by atoms with Crippen molar-refractivity contribution in [1.29, 1.82) is 0 Å². The van der Waals surface area contributed by atoms with Crippen LogP contribution in [0.15, 0.2) is 34.8 Å². The average Bonchev–Trinajstić information content (AvgIpc) is 3.06. The van der Waals surface area contributed by atoms with Gasteiger partial charge in [0.05, 0.1) is 17.8 Å². The van der Waals surface area contributed by atoms with Crippen LogP contribution >= 0.6 is 27.5 Å². The van der Waals surface area contributed by atoms with Gasteiger partial charge in [-0.3, -0.25) is 4.79 Å². The van der Waals surface area contributed by atoms with Crippen LogP contribution in [0.1, 0.15) is 37.8 Å². The number of benzene rings is 1. The van der Waals surface area contributed by atoms with Gasteiger partial charge in [-0.05, 0) is 59.9 Å². The van der Waals surface area contributed by atoms with Gasteiger partial charge in [0.2, 0.25) is 5.88 Å². The zero-order valence-corrected chi connectivity index (χ0v) is 17.2. The third-order valence-electron chi connectivity index (χ3n) is 4.84. The predicted molar refractivity (Wildman–Crippen MR) is 108 cm³/mol. The topological polar surface area (TPSA) is 51.2 Å². The van der Waals surface area contributed by atoms with Crippen LogP contribution in [0.2, 0.25) is 5.02 Å². The Kier molecular flexibility index (Phi) is 6.33. The van der Waals surface area contributed by atoms with Crippen LogP contribution in [-0.2, 0) is 4.79 Å². The van der Waals surface area contributed by atoms with Gasteiger partial charge in [0.15, 0.2) is 0 Å². The monoisotopic (exact) mass is 436 g/mol. The summed E-state index contributed by atoms with van der Waals surface area (Å²) >= 11 is 9.84. The number of hydrogen-bond donors (Lipinski definition) is 1. The summed E-state index contributed by atoms with van der Waals surface area (Å²) in [6.45, 7) is 2.91. The molecule has 0 aliphatic heterocycles. The number of ether oxygens (including phenoxy) is 1. The normalized spacial score (nSPS) is 18.2. The Hall–Kier alpha value is -1.43. The van der Waals surface area contributed by atoms with Crippen LogP contribution in [0.5, 0.6) is 5.88 Å². The van der Waals surface area contributed by atoms with Crippen molar-refractivity contribution in [3.05, 3.63) is 45.4 Å². The quantitative estimate of drug-likeness (QED) is 0.675. The maximum atomic E-state index is 11.4. The minimum absolute atomic E-state index is 0.0835. The first-order valence-electron chi connectivity index (χ1n) is 8.74. The van der Waals surface area contributed by atoms with Crippen molar-refractivity contribution in [3.8, 4) is 17.1 Å². The van der Waals surface area contributed by atoms with Crippen LogP contribution in [0, 0.1) is 5.92 Å². The Morgan fingerprint density at radius 2 is 2.19 bits per heavy atom. The summed E-state index contributed by atoms with van der Waals surface area (Å²) < 4.78 is 6.36. The summed E-state index contributed by atoms with van der Waals surface area (Å²) in [5.74, 6) is 1.39. The van der Waals surface area contributed by atoms with Crippen LogP contribution in [0.4, 0.5) is 0 Å². The number of hydrogen-bond acceptors (Lipinski definition) is 4. The molecule has 0 unspecified atom stereocenters. The Morgan fingerprint density at radius 3 is 2.88 bits per heavy atom. The number of carbonyl (C=O) groups excluding carboxylic acids is 1. The molecule has 1 aliphatic rings. The molecule has 1 N–H and O–H groups in total. The van der Waals surface area contributed by atoms with Crippen molar-refractivity contribution >= 4 is 33.3 Å². The molecule has 1 aromatic carbocycles. The van der Waals surface area contributed by atoms with Gasteiger partial charge in [-0.2, -0.15) is 0 Å². The molecule has 2 aromatic rings. The fourth-order valence-electron chi connectivity index (χ4n) is 3.31. The summed E-state index contributed by atoms with van der Waals surface area (Å²) in [4.78, 5) is 16.1. The van der Waals surface area contributed by atoms with Crippen LogP contribution < -0.4 is 10.1 Å². The molecular weight excluding hydrogens is 416 g/mol. The van der Waals surface area contributed by atoms with E-state index < -0.39 is 0 Å². The van der Waals surface area contributed by atoms with Crippen molar-refractivity contribution in [1.82, 2.24) is 10.3 Å². The standard InChI is InChI=1S/C20H22BrClN2O2/c1-12(23-11-13-6-7-14(25)10-13)15-8-9-18(24-20(15)26-2)16-4-3-5-17(21)19(16)22/h3-5,8-9,12-13,23H,6-7,10-11H2,1-2H3/t12-,13+/m0/s1. The summed E-state index contributed by atoms with van der Waals surface area (Å²) in [7, 11) is 1.63. The van der Waals surface area contributed by atoms with Crippen molar-refractivity contribution in [2.45, 2.75) is 32.2 Å². The summed E-state index contributed by atoms with van der Waals surface area (Å²) in [5.41, 5.74) is 2.62. The molecule has 4 nitrogen and oxygen atoms in total. The van der Waals surface area contributed by atoms with Crippen molar-refractivity contribution < 1.29 is 9.53 Å². The first kappa shape index (κ1) is 19.3. The average molecular weight is 438 g/mol.